The van der Waals surface area contributed by atoms with Gasteiger partial charge in [0.1, 0.15) is 17.2 Å². The Morgan fingerprint density at radius 1 is 1.16 bits per heavy atom. The molecule has 204 valence electrons. The zero-order valence-corrected chi connectivity index (χ0v) is 23.5. The van der Waals surface area contributed by atoms with Gasteiger partial charge in [0.15, 0.2) is 5.13 Å². The lowest BCUT2D eigenvalue weighted by Crippen LogP contribution is -2.45. The van der Waals surface area contributed by atoms with Crippen LogP contribution in [0.1, 0.15) is 64.4 Å². The van der Waals surface area contributed by atoms with E-state index < -0.39 is 5.91 Å². The third-order valence-electron chi connectivity index (χ3n) is 6.56. The molecule has 2 unspecified atom stereocenters. The molecule has 4 heterocycles. The summed E-state index contributed by atoms with van der Waals surface area (Å²) in [5.74, 6) is 0.125. The predicted molar refractivity (Wildman–Crippen MR) is 150 cm³/mol. The number of anilines is 2. The molecule has 2 amide bonds. The molecule has 1 aliphatic rings. The standard InChI is InChI=1S/C27H37N7O3S/c1-6-7-11-27(4,5)34-15-21(29-17-34)25(36)28-12-24(35)32-26-31-22(16-38-26)20-9-8-10-23(30-20)33-13-18(2)37-19(3)14-33/h8-10,15-19H,6-7,11-14H2,1-5H3,(H,28,36)(H,31,32,35). The fourth-order valence-corrected chi connectivity index (χ4v) is 5.20. The van der Waals surface area contributed by atoms with Crippen molar-refractivity contribution < 1.29 is 14.3 Å². The molecule has 0 aromatic carbocycles. The van der Waals surface area contributed by atoms with Crippen LogP contribution in [-0.2, 0) is 15.1 Å². The number of morpholine rings is 1. The van der Waals surface area contributed by atoms with Gasteiger partial charge in [0, 0.05) is 30.2 Å². The number of rotatable bonds is 10. The number of thiazole rings is 1. The van der Waals surface area contributed by atoms with Gasteiger partial charge in [-0.1, -0.05) is 25.8 Å². The summed E-state index contributed by atoms with van der Waals surface area (Å²) in [7, 11) is 0. The molecule has 0 spiro atoms. The quantitative estimate of drug-likeness (QED) is 0.395. The van der Waals surface area contributed by atoms with E-state index in [0.717, 1.165) is 43.9 Å². The highest BCUT2D eigenvalue weighted by Crippen LogP contribution is 2.26. The monoisotopic (exact) mass is 539 g/mol. The van der Waals surface area contributed by atoms with Crippen molar-refractivity contribution in [2.45, 2.75) is 71.6 Å². The van der Waals surface area contributed by atoms with Crippen LogP contribution in [0, 0.1) is 0 Å². The number of hydrogen-bond donors (Lipinski definition) is 2. The van der Waals surface area contributed by atoms with E-state index in [1.807, 2.05) is 28.1 Å². The maximum atomic E-state index is 12.5. The van der Waals surface area contributed by atoms with Crippen molar-refractivity contribution in [2.24, 2.45) is 0 Å². The molecule has 10 nitrogen and oxygen atoms in total. The van der Waals surface area contributed by atoms with Gasteiger partial charge in [0.2, 0.25) is 5.91 Å². The topological polar surface area (TPSA) is 114 Å². The van der Waals surface area contributed by atoms with E-state index in [-0.39, 0.29) is 35.9 Å². The van der Waals surface area contributed by atoms with Gasteiger partial charge >= 0.3 is 0 Å². The minimum atomic E-state index is -0.391. The van der Waals surface area contributed by atoms with Gasteiger partial charge in [0.25, 0.3) is 5.91 Å². The van der Waals surface area contributed by atoms with Crippen molar-refractivity contribution in [3.63, 3.8) is 0 Å². The average Bonchev–Trinajstić information content (AvgIpc) is 3.56. The summed E-state index contributed by atoms with van der Waals surface area (Å²) < 4.78 is 7.79. The number of amides is 2. The smallest absolute Gasteiger partial charge is 0.271 e. The van der Waals surface area contributed by atoms with Crippen molar-refractivity contribution in [1.82, 2.24) is 24.8 Å². The first-order valence-corrected chi connectivity index (χ1v) is 14.0. The third-order valence-corrected chi connectivity index (χ3v) is 7.31. The Morgan fingerprint density at radius 2 is 1.92 bits per heavy atom. The molecule has 4 rings (SSSR count). The van der Waals surface area contributed by atoms with Crippen LogP contribution in [0.4, 0.5) is 10.9 Å². The van der Waals surface area contributed by atoms with Gasteiger partial charge in [-0.25, -0.2) is 15.0 Å². The predicted octanol–water partition coefficient (Wildman–Crippen LogP) is 4.31. The van der Waals surface area contributed by atoms with E-state index in [1.165, 1.54) is 11.3 Å². The number of imidazole rings is 1. The fraction of sp³-hybridized carbons (Fsp3) is 0.519. The van der Waals surface area contributed by atoms with Crippen LogP contribution in [0.15, 0.2) is 36.1 Å². The SMILES string of the molecule is CCCCC(C)(C)n1cnc(C(=O)NCC(=O)Nc2nc(-c3cccc(N4CC(C)OC(C)C4)n3)cs2)c1. The van der Waals surface area contributed by atoms with Crippen molar-refractivity contribution >= 4 is 34.1 Å². The second-order valence-electron chi connectivity index (χ2n) is 10.4. The van der Waals surface area contributed by atoms with Crippen molar-refractivity contribution in [3.05, 3.63) is 41.8 Å². The minimum Gasteiger partial charge on any atom is -0.372 e. The maximum Gasteiger partial charge on any atom is 0.271 e. The second kappa shape index (κ2) is 12.0. The number of pyridine rings is 1. The molecule has 0 aliphatic carbocycles. The third kappa shape index (κ3) is 6.96. The van der Waals surface area contributed by atoms with Gasteiger partial charge in [-0.3, -0.25) is 9.59 Å². The molecule has 2 N–H and O–H groups in total. The summed E-state index contributed by atoms with van der Waals surface area (Å²) in [5, 5.41) is 7.70. The molecule has 2 atom stereocenters. The lowest BCUT2D eigenvalue weighted by Gasteiger charge is -2.36. The van der Waals surface area contributed by atoms with Crippen LogP contribution in [0.25, 0.3) is 11.4 Å². The average molecular weight is 540 g/mol. The van der Waals surface area contributed by atoms with E-state index in [4.69, 9.17) is 9.72 Å². The van der Waals surface area contributed by atoms with Crippen LogP contribution < -0.4 is 15.5 Å². The fourth-order valence-electron chi connectivity index (χ4n) is 4.48. The summed E-state index contributed by atoms with van der Waals surface area (Å²) >= 11 is 1.31. The van der Waals surface area contributed by atoms with E-state index >= 15 is 0 Å². The molecule has 1 fully saturated rings. The van der Waals surface area contributed by atoms with Gasteiger partial charge in [0.05, 0.1) is 30.8 Å². The Bertz CT molecular complexity index is 1240. The lowest BCUT2D eigenvalue weighted by molar-refractivity contribution is -0.115. The number of hydrogen-bond acceptors (Lipinski definition) is 8. The van der Waals surface area contributed by atoms with Gasteiger partial charge < -0.3 is 24.8 Å². The Balaban J connectivity index is 1.31. The molecular weight excluding hydrogens is 502 g/mol. The highest BCUT2D eigenvalue weighted by Gasteiger charge is 2.24. The van der Waals surface area contributed by atoms with Crippen LogP contribution in [-0.4, -0.2) is 63.2 Å². The molecule has 1 aliphatic heterocycles. The van der Waals surface area contributed by atoms with Crippen molar-refractivity contribution in [1.29, 1.82) is 0 Å². The molecule has 11 heteroatoms. The van der Waals surface area contributed by atoms with Crippen molar-refractivity contribution in [3.8, 4) is 11.4 Å². The largest absolute Gasteiger partial charge is 0.372 e. The number of nitrogens with zero attached hydrogens (tertiary/aromatic N) is 5. The summed E-state index contributed by atoms with van der Waals surface area (Å²) in [6.45, 7) is 11.9. The maximum absolute atomic E-state index is 12.5. The van der Waals surface area contributed by atoms with Crippen molar-refractivity contribution in [2.75, 3.05) is 29.9 Å². The first kappa shape index (κ1) is 27.7. The number of carbonyl (C=O) groups is 2. The first-order chi connectivity index (χ1) is 18.1. The molecule has 38 heavy (non-hydrogen) atoms. The summed E-state index contributed by atoms with van der Waals surface area (Å²) in [6, 6.07) is 5.85. The van der Waals surface area contributed by atoms with E-state index in [0.29, 0.717) is 10.8 Å². The van der Waals surface area contributed by atoms with E-state index in [9.17, 15) is 9.59 Å². The zero-order valence-electron chi connectivity index (χ0n) is 22.7. The molecule has 0 radical (unpaired) electrons. The first-order valence-electron chi connectivity index (χ1n) is 13.1. The Hall–Kier alpha value is -3.31. The molecule has 0 bridgehead atoms. The highest BCUT2D eigenvalue weighted by atomic mass is 32.1. The number of nitrogens with one attached hydrogen (secondary N) is 2. The molecule has 1 saturated heterocycles. The molecule has 0 saturated carbocycles. The van der Waals surface area contributed by atoms with E-state index in [2.05, 4.69) is 60.1 Å². The highest BCUT2D eigenvalue weighted by molar-refractivity contribution is 7.14. The molecule has 3 aromatic rings. The number of ether oxygens (including phenoxy) is 1. The van der Waals surface area contributed by atoms with Gasteiger partial charge in [-0.05, 0) is 46.2 Å². The molecule has 3 aromatic heterocycles. The number of carbonyl (C=O) groups excluding carboxylic acids is 2. The lowest BCUT2D eigenvalue weighted by atomic mass is 9.97. The van der Waals surface area contributed by atoms with Crippen LogP contribution in [0.5, 0.6) is 0 Å². The Morgan fingerprint density at radius 3 is 2.66 bits per heavy atom. The second-order valence-corrected chi connectivity index (χ2v) is 11.3. The van der Waals surface area contributed by atoms with Gasteiger partial charge in [-0.15, -0.1) is 11.3 Å². The van der Waals surface area contributed by atoms with Crippen LogP contribution >= 0.6 is 11.3 Å². The Kier molecular flexibility index (Phi) is 8.78. The number of aromatic nitrogens is 4. The molecular formula is C27H37N7O3S. The number of unbranched alkanes of at least 4 members (excludes halogenated alkanes) is 1. The Labute approximate surface area is 227 Å². The minimum absolute atomic E-state index is 0.130. The zero-order chi connectivity index (χ0) is 27.3. The van der Waals surface area contributed by atoms with Crippen LogP contribution in [0.3, 0.4) is 0 Å². The summed E-state index contributed by atoms with van der Waals surface area (Å²) in [4.78, 5) is 40.8. The normalized spacial score (nSPS) is 17.9. The summed E-state index contributed by atoms with van der Waals surface area (Å²) in [6.07, 6.45) is 6.87. The van der Waals surface area contributed by atoms with E-state index in [1.54, 1.807) is 12.5 Å². The van der Waals surface area contributed by atoms with Crippen LogP contribution in [0.2, 0.25) is 0 Å². The summed E-state index contributed by atoms with van der Waals surface area (Å²) in [5.41, 5.74) is 1.57. The van der Waals surface area contributed by atoms with Gasteiger partial charge in [-0.2, -0.15) is 0 Å².